The predicted molar refractivity (Wildman–Crippen MR) is 141 cm³/mol. The molecular weight excluding hydrogens is 476 g/mol. The summed E-state index contributed by atoms with van der Waals surface area (Å²) in [6.07, 6.45) is 7.96. The standard InChI is InChI=1S/C27H36N4O4S/c1-34-24-8-7-21(19-5-3-2-4-6-19)17-22(24)23-18-36-26(28-23)29-27(33)31-13-11-30(12-14-31)25(32)20-9-15-35-16-10-20/h7-8,17-20H,2-6,9-16H2,1H3,(H,28,29,33). The van der Waals surface area contributed by atoms with E-state index in [0.29, 0.717) is 50.4 Å². The first-order chi connectivity index (χ1) is 17.6. The number of nitrogens with zero attached hydrogens (tertiary/aromatic N) is 3. The molecule has 1 aliphatic carbocycles. The van der Waals surface area contributed by atoms with Crippen LogP contribution in [0.3, 0.4) is 0 Å². The SMILES string of the molecule is COc1ccc(C2CCCCC2)cc1-c1csc(NC(=O)N2CCN(C(=O)C3CCOCC3)CC2)n1. The third-order valence-electron chi connectivity index (χ3n) is 7.74. The minimum atomic E-state index is -0.169. The number of carbonyl (C=O) groups is 2. The van der Waals surface area contributed by atoms with Crippen LogP contribution in [0.4, 0.5) is 9.93 Å². The number of urea groups is 1. The van der Waals surface area contributed by atoms with Crippen molar-refractivity contribution in [3.63, 3.8) is 0 Å². The molecule has 194 valence electrons. The van der Waals surface area contributed by atoms with Gasteiger partial charge in [-0.3, -0.25) is 10.1 Å². The Labute approximate surface area is 217 Å². The molecule has 1 N–H and O–H groups in total. The number of piperazine rings is 1. The van der Waals surface area contributed by atoms with Gasteiger partial charge in [0.1, 0.15) is 5.75 Å². The number of thiazole rings is 1. The zero-order valence-electron chi connectivity index (χ0n) is 21.0. The molecule has 36 heavy (non-hydrogen) atoms. The summed E-state index contributed by atoms with van der Waals surface area (Å²) < 4.78 is 11.0. The van der Waals surface area contributed by atoms with Crippen LogP contribution in [0.2, 0.25) is 0 Å². The number of rotatable bonds is 5. The first kappa shape index (κ1) is 25.0. The van der Waals surface area contributed by atoms with Gasteiger partial charge in [0, 0.05) is 56.3 Å². The van der Waals surface area contributed by atoms with Gasteiger partial charge in [-0.2, -0.15) is 0 Å². The highest BCUT2D eigenvalue weighted by molar-refractivity contribution is 7.14. The maximum absolute atomic E-state index is 12.9. The van der Waals surface area contributed by atoms with Gasteiger partial charge in [-0.05, 0) is 49.3 Å². The van der Waals surface area contributed by atoms with Crippen LogP contribution in [-0.2, 0) is 9.53 Å². The highest BCUT2D eigenvalue weighted by Crippen LogP contribution is 2.38. The molecule has 3 heterocycles. The van der Waals surface area contributed by atoms with Gasteiger partial charge in [-0.25, -0.2) is 9.78 Å². The van der Waals surface area contributed by atoms with Crippen LogP contribution >= 0.6 is 11.3 Å². The third-order valence-corrected chi connectivity index (χ3v) is 8.50. The van der Waals surface area contributed by atoms with E-state index in [1.54, 1.807) is 12.0 Å². The van der Waals surface area contributed by atoms with Crippen molar-refractivity contribution in [2.75, 3.05) is 51.8 Å². The van der Waals surface area contributed by atoms with Crippen molar-refractivity contribution in [3.8, 4) is 17.0 Å². The molecule has 3 amide bonds. The summed E-state index contributed by atoms with van der Waals surface area (Å²) in [5.41, 5.74) is 3.13. The number of aromatic nitrogens is 1. The Bertz CT molecular complexity index is 1050. The molecule has 0 spiro atoms. The molecule has 5 rings (SSSR count). The Balaban J connectivity index is 1.19. The number of ether oxygens (including phenoxy) is 2. The van der Waals surface area contributed by atoms with Crippen LogP contribution < -0.4 is 10.1 Å². The molecule has 1 saturated carbocycles. The normalized spacial score (nSPS) is 19.8. The van der Waals surface area contributed by atoms with E-state index in [1.807, 2.05) is 16.3 Å². The van der Waals surface area contributed by atoms with E-state index in [-0.39, 0.29) is 17.9 Å². The molecule has 0 radical (unpaired) electrons. The number of amides is 3. The van der Waals surface area contributed by atoms with Gasteiger partial charge in [-0.1, -0.05) is 25.3 Å². The molecule has 1 aromatic carbocycles. The molecule has 1 aromatic heterocycles. The summed E-state index contributed by atoms with van der Waals surface area (Å²) >= 11 is 1.42. The molecule has 2 saturated heterocycles. The van der Waals surface area contributed by atoms with Crippen molar-refractivity contribution in [3.05, 3.63) is 29.1 Å². The molecule has 2 aromatic rings. The van der Waals surface area contributed by atoms with Gasteiger partial charge in [0.05, 0.1) is 12.8 Å². The molecule has 3 fully saturated rings. The fourth-order valence-electron chi connectivity index (χ4n) is 5.57. The number of hydrogen-bond donors (Lipinski definition) is 1. The summed E-state index contributed by atoms with van der Waals surface area (Å²) in [4.78, 5) is 34.1. The quantitative estimate of drug-likeness (QED) is 0.612. The molecule has 0 bridgehead atoms. The van der Waals surface area contributed by atoms with Gasteiger partial charge < -0.3 is 19.3 Å². The summed E-state index contributed by atoms with van der Waals surface area (Å²) in [5.74, 6) is 1.65. The van der Waals surface area contributed by atoms with Gasteiger partial charge in [-0.15, -0.1) is 11.3 Å². The minimum Gasteiger partial charge on any atom is -0.496 e. The summed E-state index contributed by atoms with van der Waals surface area (Å²) in [5, 5.41) is 5.50. The molecule has 0 unspecified atom stereocenters. The third kappa shape index (κ3) is 5.67. The van der Waals surface area contributed by atoms with Crippen LogP contribution in [0, 0.1) is 5.92 Å². The van der Waals surface area contributed by atoms with E-state index in [1.165, 1.54) is 49.0 Å². The average molecular weight is 513 g/mol. The number of methoxy groups -OCH3 is 1. The second-order valence-electron chi connectivity index (χ2n) is 9.96. The lowest BCUT2D eigenvalue weighted by molar-refractivity contribution is -0.139. The lowest BCUT2D eigenvalue weighted by Gasteiger charge is -2.36. The van der Waals surface area contributed by atoms with Crippen LogP contribution in [-0.4, -0.2) is 73.2 Å². The lowest BCUT2D eigenvalue weighted by atomic mass is 9.83. The number of nitrogens with one attached hydrogen (secondary N) is 1. The molecule has 2 aliphatic heterocycles. The summed E-state index contributed by atoms with van der Waals surface area (Å²) in [6.45, 7) is 3.50. The van der Waals surface area contributed by atoms with Crippen LogP contribution in [0.25, 0.3) is 11.3 Å². The molecule has 0 atom stereocenters. The second-order valence-corrected chi connectivity index (χ2v) is 10.8. The monoisotopic (exact) mass is 512 g/mol. The smallest absolute Gasteiger partial charge is 0.323 e. The maximum Gasteiger partial charge on any atom is 0.323 e. The van der Waals surface area contributed by atoms with E-state index in [2.05, 4.69) is 17.4 Å². The average Bonchev–Trinajstić information content (AvgIpc) is 3.41. The van der Waals surface area contributed by atoms with Crippen molar-refractivity contribution >= 4 is 28.4 Å². The molecule has 8 nitrogen and oxygen atoms in total. The first-order valence-corrected chi connectivity index (χ1v) is 14.1. The highest BCUT2D eigenvalue weighted by atomic mass is 32.1. The number of carbonyl (C=O) groups excluding carboxylic acids is 2. The van der Waals surface area contributed by atoms with Gasteiger partial charge in [0.15, 0.2) is 5.13 Å². The fraction of sp³-hybridized carbons (Fsp3) is 0.593. The number of hydrogen-bond acceptors (Lipinski definition) is 6. The fourth-order valence-corrected chi connectivity index (χ4v) is 6.27. The number of anilines is 1. The van der Waals surface area contributed by atoms with Gasteiger partial charge >= 0.3 is 6.03 Å². The number of benzene rings is 1. The first-order valence-electron chi connectivity index (χ1n) is 13.2. The maximum atomic E-state index is 12.9. The van der Waals surface area contributed by atoms with Crippen molar-refractivity contribution < 1.29 is 19.1 Å². The zero-order chi connectivity index (χ0) is 24.9. The Morgan fingerprint density at radius 2 is 1.75 bits per heavy atom. The van der Waals surface area contributed by atoms with Gasteiger partial charge in [0.2, 0.25) is 5.91 Å². The van der Waals surface area contributed by atoms with Crippen molar-refractivity contribution in [2.24, 2.45) is 5.92 Å². The molecule has 3 aliphatic rings. The topological polar surface area (TPSA) is 84.0 Å². The van der Waals surface area contributed by atoms with E-state index in [9.17, 15) is 9.59 Å². The van der Waals surface area contributed by atoms with Crippen molar-refractivity contribution in [2.45, 2.75) is 50.9 Å². The Morgan fingerprint density at radius 1 is 1.03 bits per heavy atom. The van der Waals surface area contributed by atoms with Crippen LogP contribution in [0.5, 0.6) is 5.75 Å². The predicted octanol–water partition coefficient (Wildman–Crippen LogP) is 4.97. The van der Waals surface area contributed by atoms with E-state index in [0.717, 1.165) is 29.8 Å². The highest BCUT2D eigenvalue weighted by Gasteiger charge is 2.30. The van der Waals surface area contributed by atoms with E-state index >= 15 is 0 Å². The Morgan fingerprint density at radius 3 is 2.47 bits per heavy atom. The molecular formula is C27H36N4O4S. The van der Waals surface area contributed by atoms with Gasteiger partial charge in [0.25, 0.3) is 0 Å². The zero-order valence-corrected chi connectivity index (χ0v) is 21.9. The Hall–Kier alpha value is -2.65. The second kappa shape index (κ2) is 11.6. The lowest BCUT2D eigenvalue weighted by Crippen LogP contribution is -2.53. The van der Waals surface area contributed by atoms with Crippen LogP contribution in [0.15, 0.2) is 23.6 Å². The summed E-state index contributed by atoms with van der Waals surface area (Å²) in [7, 11) is 1.68. The molecule has 9 heteroatoms. The van der Waals surface area contributed by atoms with E-state index in [4.69, 9.17) is 14.5 Å². The summed E-state index contributed by atoms with van der Waals surface area (Å²) in [6, 6.07) is 6.26. The van der Waals surface area contributed by atoms with Crippen molar-refractivity contribution in [1.82, 2.24) is 14.8 Å². The van der Waals surface area contributed by atoms with E-state index < -0.39 is 0 Å². The Kier molecular flexibility index (Phi) is 8.06. The van der Waals surface area contributed by atoms with Crippen LogP contribution in [0.1, 0.15) is 56.4 Å². The minimum absolute atomic E-state index is 0.0569. The van der Waals surface area contributed by atoms with Crippen molar-refractivity contribution in [1.29, 1.82) is 0 Å². The largest absolute Gasteiger partial charge is 0.496 e.